The number of halogens is 1. The molecule has 5 nitrogen and oxygen atoms in total. The molecule has 1 amide bonds. The van der Waals surface area contributed by atoms with E-state index in [4.69, 9.17) is 11.6 Å². The number of likely N-dealkylation sites (tertiary alicyclic amines) is 1. The number of hydrogen-bond acceptors (Lipinski definition) is 3. The third kappa shape index (κ3) is 4.17. The number of carbonyl (C=O) groups is 2. The van der Waals surface area contributed by atoms with Crippen LogP contribution in [0.15, 0.2) is 53.5 Å². The number of piperidine rings is 1. The van der Waals surface area contributed by atoms with E-state index in [1.54, 1.807) is 47.5 Å². The number of pyridine rings is 1. The number of carbonyl (C=O) groups excluding carboxylic acids is 2. The Balaban J connectivity index is 1.68. The van der Waals surface area contributed by atoms with Gasteiger partial charge in [-0.05, 0) is 31.0 Å². The SMILES string of the molecule is O=C(c1cccc(Cl)c1)[C@@H]1CCCN(C(=O)Cn2ccccc2=O)C1. The quantitative estimate of drug-likeness (QED) is 0.789. The monoisotopic (exact) mass is 358 g/mol. The Morgan fingerprint density at radius 3 is 2.76 bits per heavy atom. The predicted octanol–water partition coefficient (Wildman–Crippen LogP) is 2.62. The van der Waals surface area contributed by atoms with E-state index < -0.39 is 0 Å². The van der Waals surface area contributed by atoms with Crippen molar-refractivity contribution in [1.82, 2.24) is 9.47 Å². The molecule has 0 unspecified atom stereocenters. The summed E-state index contributed by atoms with van der Waals surface area (Å²) in [7, 11) is 0. The Kier molecular flexibility index (Phi) is 5.34. The lowest BCUT2D eigenvalue weighted by atomic mass is 9.90. The Morgan fingerprint density at radius 1 is 1.16 bits per heavy atom. The molecule has 130 valence electrons. The van der Waals surface area contributed by atoms with E-state index >= 15 is 0 Å². The van der Waals surface area contributed by atoms with Gasteiger partial charge in [0.05, 0.1) is 0 Å². The fourth-order valence-electron chi connectivity index (χ4n) is 3.13. The van der Waals surface area contributed by atoms with Crippen LogP contribution in [-0.4, -0.2) is 34.2 Å². The highest BCUT2D eigenvalue weighted by Gasteiger charge is 2.29. The van der Waals surface area contributed by atoms with Crippen molar-refractivity contribution in [2.75, 3.05) is 13.1 Å². The van der Waals surface area contributed by atoms with E-state index in [0.717, 1.165) is 12.8 Å². The first kappa shape index (κ1) is 17.4. The summed E-state index contributed by atoms with van der Waals surface area (Å²) in [5.74, 6) is -0.363. The minimum Gasteiger partial charge on any atom is -0.340 e. The maximum Gasteiger partial charge on any atom is 0.250 e. The first-order chi connectivity index (χ1) is 12.0. The van der Waals surface area contributed by atoms with Crippen molar-refractivity contribution < 1.29 is 9.59 Å². The van der Waals surface area contributed by atoms with Crippen molar-refractivity contribution >= 4 is 23.3 Å². The van der Waals surface area contributed by atoms with Gasteiger partial charge >= 0.3 is 0 Å². The van der Waals surface area contributed by atoms with E-state index in [1.165, 1.54) is 10.6 Å². The largest absolute Gasteiger partial charge is 0.340 e. The van der Waals surface area contributed by atoms with Crippen molar-refractivity contribution in [2.24, 2.45) is 5.92 Å². The molecule has 1 atom stereocenters. The zero-order valence-corrected chi connectivity index (χ0v) is 14.5. The summed E-state index contributed by atoms with van der Waals surface area (Å²) in [6.07, 6.45) is 3.12. The van der Waals surface area contributed by atoms with Crippen LogP contribution in [0.2, 0.25) is 5.02 Å². The van der Waals surface area contributed by atoms with Crippen LogP contribution in [0.3, 0.4) is 0 Å². The summed E-state index contributed by atoms with van der Waals surface area (Å²) in [5, 5.41) is 0.526. The van der Waals surface area contributed by atoms with Gasteiger partial charge in [0.2, 0.25) is 5.91 Å². The number of ketones is 1. The summed E-state index contributed by atoms with van der Waals surface area (Å²) in [6, 6.07) is 11.7. The molecule has 0 N–H and O–H groups in total. The van der Waals surface area contributed by atoms with Gasteiger partial charge in [-0.2, -0.15) is 0 Å². The summed E-state index contributed by atoms with van der Waals surface area (Å²) in [4.78, 5) is 38.6. The Hall–Kier alpha value is -2.40. The molecule has 6 heteroatoms. The zero-order chi connectivity index (χ0) is 17.8. The summed E-state index contributed by atoms with van der Waals surface area (Å²) in [5.41, 5.74) is 0.366. The van der Waals surface area contributed by atoms with Crippen molar-refractivity contribution in [2.45, 2.75) is 19.4 Å². The number of benzene rings is 1. The second-order valence-electron chi connectivity index (χ2n) is 6.22. The number of nitrogens with zero attached hydrogens (tertiary/aromatic N) is 2. The molecule has 0 spiro atoms. The van der Waals surface area contributed by atoms with Gasteiger partial charge in [-0.3, -0.25) is 14.4 Å². The molecular weight excluding hydrogens is 340 g/mol. The fraction of sp³-hybridized carbons (Fsp3) is 0.316. The zero-order valence-electron chi connectivity index (χ0n) is 13.7. The lowest BCUT2D eigenvalue weighted by Gasteiger charge is -2.32. The van der Waals surface area contributed by atoms with Gasteiger partial charge in [0.15, 0.2) is 5.78 Å². The maximum absolute atomic E-state index is 12.7. The molecule has 2 heterocycles. The Bertz CT molecular complexity index is 846. The molecule has 1 fully saturated rings. The third-order valence-corrected chi connectivity index (χ3v) is 4.69. The molecule has 1 aliphatic rings. The highest BCUT2D eigenvalue weighted by Crippen LogP contribution is 2.22. The third-order valence-electron chi connectivity index (χ3n) is 4.46. The van der Waals surface area contributed by atoms with Crippen LogP contribution < -0.4 is 5.56 Å². The molecule has 0 bridgehead atoms. The van der Waals surface area contributed by atoms with Gasteiger partial charge in [0.25, 0.3) is 5.56 Å². The second-order valence-corrected chi connectivity index (χ2v) is 6.66. The molecule has 1 aliphatic heterocycles. The minimum absolute atomic E-state index is 0.00223. The molecular formula is C19H19ClN2O3. The number of Topliss-reactive ketones (excluding diaryl/α,β-unsaturated/α-hetero) is 1. The van der Waals surface area contributed by atoms with Crippen LogP contribution in [0.1, 0.15) is 23.2 Å². The summed E-state index contributed by atoms with van der Waals surface area (Å²) in [6.45, 7) is 0.989. The average molecular weight is 359 g/mol. The van der Waals surface area contributed by atoms with E-state index in [9.17, 15) is 14.4 Å². The van der Waals surface area contributed by atoms with Crippen LogP contribution in [0.4, 0.5) is 0 Å². The van der Waals surface area contributed by atoms with Gasteiger partial charge in [0.1, 0.15) is 6.54 Å². The van der Waals surface area contributed by atoms with Crippen LogP contribution in [0, 0.1) is 5.92 Å². The van der Waals surface area contributed by atoms with Gasteiger partial charge in [0, 0.05) is 41.9 Å². The molecule has 2 aromatic rings. The molecule has 1 aromatic heterocycles. The highest BCUT2D eigenvalue weighted by molar-refractivity contribution is 6.31. The summed E-state index contributed by atoms with van der Waals surface area (Å²) < 4.78 is 1.38. The van der Waals surface area contributed by atoms with Crippen molar-refractivity contribution in [3.8, 4) is 0 Å². The van der Waals surface area contributed by atoms with Crippen LogP contribution in [-0.2, 0) is 11.3 Å². The van der Waals surface area contributed by atoms with E-state index in [1.807, 2.05) is 0 Å². The standard InChI is InChI=1S/C19H19ClN2O3/c20-16-7-3-5-14(11-16)19(25)15-6-4-10-21(12-15)18(24)13-22-9-2-1-8-17(22)23/h1-3,5,7-9,11,15H,4,6,10,12-13H2/t15-/m1/s1. The van der Waals surface area contributed by atoms with Crippen molar-refractivity contribution in [3.63, 3.8) is 0 Å². The van der Waals surface area contributed by atoms with E-state index in [0.29, 0.717) is 23.7 Å². The lowest BCUT2D eigenvalue weighted by molar-refractivity contribution is -0.133. The van der Waals surface area contributed by atoms with Gasteiger partial charge in [-0.1, -0.05) is 29.8 Å². The number of amides is 1. The molecule has 0 radical (unpaired) electrons. The number of rotatable bonds is 4. The number of hydrogen-bond donors (Lipinski definition) is 0. The van der Waals surface area contributed by atoms with E-state index in [2.05, 4.69) is 0 Å². The second kappa shape index (κ2) is 7.66. The average Bonchev–Trinajstić information content (AvgIpc) is 2.63. The van der Waals surface area contributed by atoms with Crippen molar-refractivity contribution in [3.05, 3.63) is 69.6 Å². The normalized spacial score (nSPS) is 17.3. The Labute approximate surface area is 150 Å². The van der Waals surface area contributed by atoms with Crippen LogP contribution >= 0.6 is 11.6 Å². The number of aromatic nitrogens is 1. The van der Waals surface area contributed by atoms with Crippen LogP contribution in [0.5, 0.6) is 0 Å². The van der Waals surface area contributed by atoms with Gasteiger partial charge in [-0.15, -0.1) is 0 Å². The minimum atomic E-state index is -0.233. The first-order valence-electron chi connectivity index (χ1n) is 8.27. The molecule has 25 heavy (non-hydrogen) atoms. The summed E-state index contributed by atoms with van der Waals surface area (Å²) >= 11 is 5.96. The smallest absolute Gasteiger partial charge is 0.250 e. The maximum atomic E-state index is 12.7. The molecule has 0 aliphatic carbocycles. The highest BCUT2D eigenvalue weighted by atomic mass is 35.5. The topological polar surface area (TPSA) is 59.4 Å². The van der Waals surface area contributed by atoms with E-state index in [-0.39, 0.29) is 29.7 Å². The molecule has 3 rings (SSSR count). The fourth-order valence-corrected chi connectivity index (χ4v) is 3.32. The predicted molar refractivity (Wildman–Crippen MR) is 95.8 cm³/mol. The Morgan fingerprint density at radius 2 is 2.00 bits per heavy atom. The molecule has 1 aromatic carbocycles. The molecule has 0 saturated carbocycles. The lowest BCUT2D eigenvalue weighted by Crippen LogP contribution is -2.44. The van der Waals surface area contributed by atoms with Crippen LogP contribution in [0.25, 0.3) is 0 Å². The first-order valence-corrected chi connectivity index (χ1v) is 8.65. The van der Waals surface area contributed by atoms with Crippen molar-refractivity contribution in [1.29, 1.82) is 0 Å². The van der Waals surface area contributed by atoms with Gasteiger partial charge < -0.3 is 9.47 Å². The van der Waals surface area contributed by atoms with Gasteiger partial charge in [-0.25, -0.2) is 0 Å². The molecule has 1 saturated heterocycles.